The lowest BCUT2D eigenvalue weighted by atomic mass is 9.90. The number of hydrogen-bond acceptors (Lipinski definition) is 3. The van der Waals surface area contributed by atoms with Gasteiger partial charge in [-0.15, -0.1) is 0 Å². The lowest BCUT2D eigenvalue weighted by molar-refractivity contribution is -0.127. The Morgan fingerprint density at radius 3 is 2.75 bits per heavy atom. The van der Waals surface area contributed by atoms with Crippen LogP contribution in [0.15, 0.2) is 30.3 Å². The summed E-state index contributed by atoms with van der Waals surface area (Å²) >= 11 is 0. The van der Waals surface area contributed by atoms with E-state index < -0.39 is 0 Å². The van der Waals surface area contributed by atoms with Gasteiger partial charge in [0.05, 0.1) is 6.54 Å². The molecular weight excluding hydrogens is 200 g/mol. The molecule has 3 nitrogen and oxygen atoms in total. The van der Waals surface area contributed by atoms with E-state index in [0.717, 1.165) is 25.8 Å². The first-order valence-electron chi connectivity index (χ1n) is 5.82. The second kappa shape index (κ2) is 5.23. The Labute approximate surface area is 96.2 Å². The van der Waals surface area contributed by atoms with Crippen LogP contribution in [0.2, 0.25) is 0 Å². The molecule has 0 spiro atoms. The van der Waals surface area contributed by atoms with Crippen molar-refractivity contribution in [3.05, 3.63) is 35.9 Å². The van der Waals surface area contributed by atoms with Crippen LogP contribution in [0.3, 0.4) is 0 Å². The Balaban J connectivity index is 1.84. The van der Waals surface area contributed by atoms with Gasteiger partial charge in [0.2, 0.25) is 0 Å². The third-order valence-electron chi connectivity index (χ3n) is 3.20. The van der Waals surface area contributed by atoms with Crippen molar-refractivity contribution in [1.29, 1.82) is 0 Å². The molecule has 1 aliphatic heterocycles. The highest BCUT2D eigenvalue weighted by atomic mass is 16.1. The quantitative estimate of drug-likeness (QED) is 0.780. The first-order chi connectivity index (χ1) is 7.75. The average Bonchev–Trinajstić information content (AvgIpc) is 2.29. The molecule has 1 fully saturated rings. The van der Waals surface area contributed by atoms with E-state index in [1.54, 1.807) is 5.01 Å². The van der Waals surface area contributed by atoms with E-state index in [4.69, 9.17) is 5.84 Å². The average molecular weight is 218 g/mol. The zero-order chi connectivity index (χ0) is 11.4. The highest BCUT2D eigenvalue weighted by Gasteiger charge is 2.24. The number of carbonyl (C=O) groups is 1. The van der Waals surface area contributed by atoms with Gasteiger partial charge < -0.3 is 0 Å². The van der Waals surface area contributed by atoms with E-state index in [-0.39, 0.29) is 5.92 Å². The van der Waals surface area contributed by atoms with Crippen molar-refractivity contribution in [2.75, 3.05) is 13.1 Å². The predicted octanol–water partition coefficient (Wildman–Crippen LogP) is 1.38. The Bertz CT molecular complexity index is 350. The molecule has 0 radical (unpaired) electrons. The third kappa shape index (κ3) is 2.90. The van der Waals surface area contributed by atoms with Gasteiger partial charge in [-0.25, -0.2) is 5.01 Å². The number of carbonyl (C=O) groups excluding carboxylic acids is 1. The van der Waals surface area contributed by atoms with Crippen LogP contribution in [0.1, 0.15) is 18.4 Å². The first-order valence-corrected chi connectivity index (χ1v) is 5.82. The topological polar surface area (TPSA) is 46.3 Å². The first kappa shape index (κ1) is 11.3. The minimum Gasteiger partial charge on any atom is -0.298 e. The molecule has 2 rings (SSSR count). The van der Waals surface area contributed by atoms with Gasteiger partial charge >= 0.3 is 0 Å². The van der Waals surface area contributed by atoms with Gasteiger partial charge in [-0.1, -0.05) is 30.3 Å². The lowest BCUT2D eigenvalue weighted by Gasteiger charge is -2.27. The van der Waals surface area contributed by atoms with E-state index in [0.29, 0.717) is 12.3 Å². The summed E-state index contributed by atoms with van der Waals surface area (Å²) in [5.41, 5.74) is 1.31. The smallest absolute Gasteiger partial charge is 0.151 e. The van der Waals surface area contributed by atoms with Crippen molar-refractivity contribution in [2.45, 2.75) is 19.3 Å². The van der Waals surface area contributed by atoms with Crippen molar-refractivity contribution in [2.24, 2.45) is 11.8 Å². The monoisotopic (exact) mass is 218 g/mol. The number of piperidine rings is 1. The van der Waals surface area contributed by atoms with Gasteiger partial charge in [-0.2, -0.15) is 0 Å². The van der Waals surface area contributed by atoms with E-state index >= 15 is 0 Å². The summed E-state index contributed by atoms with van der Waals surface area (Å²) in [6, 6.07) is 10.3. The summed E-state index contributed by atoms with van der Waals surface area (Å²) in [5.74, 6) is 6.11. The van der Waals surface area contributed by atoms with Gasteiger partial charge in [-0.3, -0.25) is 10.6 Å². The second-order valence-corrected chi connectivity index (χ2v) is 4.45. The normalized spacial score (nSPS) is 22.3. The molecule has 16 heavy (non-hydrogen) atoms. The second-order valence-electron chi connectivity index (χ2n) is 4.45. The Morgan fingerprint density at radius 2 is 2.06 bits per heavy atom. The van der Waals surface area contributed by atoms with Crippen LogP contribution < -0.4 is 5.84 Å². The van der Waals surface area contributed by atoms with E-state index in [2.05, 4.69) is 12.1 Å². The van der Waals surface area contributed by atoms with Gasteiger partial charge in [0.25, 0.3) is 0 Å². The maximum atomic E-state index is 11.7. The molecule has 86 valence electrons. The fourth-order valence-corrected chi connectivity index (χ4v) is 2.18. The van der Waals surface area contributed by atoms with Crippen LogP contribution in [-0.2, 0) is 11.2 Å². The lowest BCUT2D eigenvalue weighted by Crippen LogP contribution is -2.44. The van der Waals surface area contributed by atoms with Crippen molar-refractivity contribution in [3.8, 4) is 0 Å². The van der Waals surface area contributed by atoms with E-state index in [9.17, 15) is 4.79 Å². The Hall–Kier alpha value is -1.19. The van der Waals surface area contributed by atoms with Crippen LogP contribution in [0.5, 0.6) is 0 Å². The van der Waals surface area contributed by atoms with Crippen LogP contribution in [0.4, 0.5) is 0 Å². The minimum atomic E-state index is 0.208. The summed E-state index contributed by atoms with van der Waals surface area (Å²) < 4.78 is 0. The molecule has 0 bridgehead atoms. The number of benzene rings is 1. The standard InChI is InChI=1S/C13H18N2O/c14-15-9-8-12(13(16)10-15)7-6-11-4-2-1-3-5-11/h1-5,12H,6-10,14H2. The fourth-order valence-electron chi connectivity index (χ4n) is 2.18. The molecule has 1 atom stereocenters. The summed E-state index contributed by atoms with van der Waals surface area (Å²) in [6.07, 6.45) is 2.85. The largest absolute Gasteiger partial charge is 0.298 e. The van der Waals surface area contributed by atoms with Crippen LogP contribution >= 0.6 is 0 Å². The van der Waals surface area contributed by atoms with E-state index in [1.165, 1.54) is 5.56 Å². The minimum absolute atomic E-state index is 0.208. The molecule has 0 aromatic heterocycles. The van der Waals surface area contributed by atoms with Crippen molar-refractivity contribution in [1.82, 2.24) is 5.01 Å². The summed E-state index contributed by atoms with van der Waals surface area (Å²) in [5, 5.41) is 1.61. The zero-order valence-corrected chi connectivity index (χ0v) is 9.43. The van der Waals surface area contributed by atoms with Crippen molar-refractivity contribution >= 4 is 5.78 Å². The van der Waals surface area contributed by atoms with Gasteiger partial charge in [0.1, 0.15) is 0 Å². The predicted molar refractivity (Wildman–Crippen MR) is 63.6 cm³/mol. The van der Waals surface area contributed by atoms with Crippen LogP contribution in [0, 0.1) is 5.92 Å². The number of hydrazine groups is 1. The number of hydrogen-bond donors (Lipinski definition) is 1. The summed E-state index contributed by atoms with van der Waals surface area (Å²) in [7, 11) is 0. The molecule has 1 heterocycles. The Kier molecular flexibility index (Phi) is 3.70. The highest BCUT2D eigenvalue weighted by Crippen LogP contribution is 2.18. The molecular formula is C13H18N2O. The summed E-state index contributed by atoms with van der Waals surface area (Å²) in [4.78, 5) is 11.7. The molecule has 1 aliphatic rings. The van der Waals surface area contributed by atoms with Crippen molar-refractivity contribution < 1.29 is 4.79 Å². The highest BCUT2D eigenvalue weighted by molar-refractivity contribution is 5.83. The zero-order valence-electron chi connectivity index (χ0n) is 9.43. The Morgan fingerprint density at radius 1 is 1.31 bits per heavy atom. The molecule has 1 unspecified atom stereocenters. The number of rotatable bonds is 3. The maximum absolute atomic E-state index is 11.7. The molecule has 1 aromatic carbocycles. The van der Waals surface area contributed by atoms with Crippen LogP contribution in [-0.4, -0.2) is 23.9 Å². The van der Waals surface area contributed by atoms with E-state index in [1.807, 2.05) is 18.2 Å². The number of Topliss-reactive ketones (excluding diaryl/α,β-unsaturated/α-hetero) is 1. The molecule has 1 saturated heterocycles. The number of nitrogens with zero attached hydrogens (tertiary/aromatic N) is 1. The van der Waals surface area contributed by atoms with Gasteiger partial charge in [-0.05, 0) is 24.8 Å². The molecule has 3 heteroatoms. The number of aryl methyl sites for hydroxylation is 1. The molecule has 2 N–H and O–H groups in total. The maximum Gasteiger partial charge on any atom is 0.151 e. The number of nitrogens with two attached hydrogens (primary N) is 1. The molecule has 0 aliphatic carbocycles. The number of ketones is 1. The van der Waals surface area contributed by atoms with Gasteiger partial charge in [0.15, 0.2) is 5.78 Å². The summed E-state index contributed by atoms with van der Waals surface area (Å²) in [6.45, 7) is 1.25. The fraction of sp³-hybridized carbons (Fsp3) is 0.462. The molecule has 0 saturated carbocycles. The molecule has 0 amide bonds. The van der Waals surface area contributed by atoms with Crippen LogP contribution in [0.25, 0.3) is 0 Å². The third-order valence-corrected chi connectivity index (χ3v) is 3.20. The van der Waals surface area contributed by atoms with Gasteiger partial charge in [0, 0.05) is 12.5 Å². The SMILES string of the molecule is NN1CCC(CCc2ccccc2)C(=O)C1. The van der Waals surface area contributed by atoms with Crippen molar-refractivity contribution in [3.63, 3.8) is 0 Å². The molecule has 1 aromatic rings.